The molecule has 124 valence electrons. The van der Waals surface area contributed by atoms with Crippen LogP contribution in [0.25, 0.3) is 11.1 Å². The van der Waals surface area contributed by atoms with Crippen LogP contribution in [0.3, 0.4) is 0 Å². The topological polar surface area (TPSA) is 99.4 Å². The second-order valence-corrected chi connectivity index (χ2v) is 4.98. The summed E-state index contributed by atoms with van der Waals surface area (Å²) >= 11 is 0. The Kier molecular flexibility index (Phi) is 4.28. The van der Waals surface area contributed by atoms with Crippen molar-refractivity contribution in [1.82, 2.24) is 15.1 Å². The molecule has 0 saturated heterocycles. The fraction of sp³-hybridized carbons (Fsp3) is 0.250. The zero-order valence-electron chi connectivity index (χ0n) is 13.5. The summed E-state index contributed by atoms with van der Waals surface area (Å²) in [5.74, 6) is 0.431. The summed E-state index contributed by atoms with van der Waals surface area (Å²) in [4.78, 5) is 20.2. The molecule has 0 radical (unpaired) electrons. The number of hydrogen-bond acceptors (Lipinski definition) is 8. The first-order valence-corrected chi connectivity index (χ1v) is 7.33. The highest BCUT2D eigenvalue weighted by atomic mass is 16.5. The monoisotopic (exact) mass is 328 g/mol. The molecule has 3 aromatic rings. The Morgan fingerprint density at radius 1 is 1.33 bits per heavy atom. The van der Waals surface area contributed by atoms with Crippen LogP contribution in [0.4, 0.5) is 11.5 Å². The number of carbonyl (C=O) groups excluding carboxylic acids is 1. The van der Waals surface area contributed by atoms with Crippen molar-refractivity contribution in [3.05, 3.63) is 35.8 Å². The van der Waals surface area contributed by atoms with Crippen molar-refractivity contribution in [3.8, 4) is 5.75 Å². The number of hydrogen-bond donors (Lipinski definition) is 1. The van der Waals surface area contributed by atoms with Gasteiger partial charge >= 0.3 is 5.97 Å². The van der Waals surface area contributed by atoms with E-state index in [1.165, 1.54) is 6.33 Å². The summed E-state index contributed by atoms with van der Waals surface area (Å²) in [6.07, 6.45) is 1.33. The number of aromatic nitrogens is 3. The standard InChI is InChI=1S/C16H16N4O4/c1-4-23-16(21)13-12-14(17-8-18-15(12)24-20-13)19-10-7-9(2)5-6-11(10)22-3/h5-8H,4H2,1-3H3,(H,17,18,19). The first kappa shape index (κ1) is 15.7. The maximum absolute atomic E-state index is 12.0. The smallest absolute Gasteiger partial charge is 0.361 e. The number of rotatable bonds is 5. The van der Waals surface area contributed by atoms with Crippen molar-refractivity contribution in [2.24, 2.45) is 0 Å². The van der Waals surface area contributed by atoms with Gasteiger partial charge in [0, 0.05) is 0 Å². The number of carbonyl (C=O) groups is 1. The van der Waals surface area contributed by atoms with Crippen molar-refractivity contribution in [2.75, 3.05) is 19.0 Å². The highest BCUT2D eigenvalue weighted by molar-refractivity contribution is 6.05. The Morgan fingerprint density at radius 3 is 2.92 bits per heavy atom. The number of esters is 1. The first-order valence-electron chi connectivity index (χ1n) is 7.33. The Labute approximate surface area is 137 Å². The second-order valence-electron chi connectivity index (χ2n) is 4.98. The Morgan fingerprint density at radius 2 is 2.17 bits per heavy atom. The van der Waals surface area contributed by atoms with Crippen molar-refractivity contribution in [3.63, 3.8) is 0 Å². The minimum absolute atomic E-state index is 0.0292. The van der Waals surface area contributed by atoms with Crippen LogP contribution in [0.15, 0.2) is 29.0 Å². The molecular formula is C16H16N4O4. The van der Waals surface area contributed by atoms with Crippen LogP contribution in [0.5, 0.6) is 5.75 Å². The lowest BCUT2D eigenvalue weighted by Crippen LogP contribution is -2.07. The Balaban J connectivity index is 2.08. The van der Waals surface area contributed by atoms with Gasteiger partial charge in [-0.1, -0.05) is 11.2 Å². The molecule has 0 saturated carbocycles. The summed E-state index contributed by atoms with van der Waals surface area (Å²) in [6, 6.07) is 5.68. The second kappa shape index (κ2) is 6.53. The van der Waals surface area contributed by atoms with Gasteiger partial charge in [0.2, 0.25) is 5.69 Å². The van der Waals surface area contributed by atoms with E-state index in [1.54, 1.807) is 14.0 Å². The Hall–Kier alpha value is -3.16. The number of ether oxygens (including phenoxy) is 2. The average Bonchev–Trinajstić information content (AvgIpc) is 3.00. The third kappa shape index (κ3) is 2.85. The van der Waals surface area contributed by atoms with Crippen LogP contribution < -0.4 is 10.1 Å². The number of aryl methyl sites for hydroxylation is 1. The molecule has 1 N–H and O–H groups in total. The van der Waals surface area contributed by atoms with Crippen molar-refractivity contribution in [1.29, 1.82) is 0 Å². The third-order valence-electron chi connectivity index (χ3n) is 3.35. The highest BCUT2D eigenvalue weighted by Crippen LogP contribution is 2.31. The zero-order valence-corrected chi connectivity index (χ0v) is 13.5. The van der Waals surface area contributed by atoms with Gasteiger partial charge in [-0.25, -0.2) is 9.78 Å². The average molecular weight is 328 g/mol. The zero-order chi connectivity index (χ0) is 17.1. The minimum Gasteiger partial charge on any atom is -0.495 e. The third-order valence-corrected chi connectivity index (χ3v) is 3.35. The largest absolute Gasteiger partial charge is 0.495 e. The predicted octanol–water partition coefficient (Wildman–Crippen LogP) is 2.86. The van der Waals surface area contributed by atoms with Crippen LogP contribution in [0.1, 0.15) is 23.0 Å². The maximum Gasteiger partial charge on any atom is 0.361 e. The van der Waals surface area contributed by atoms with E-state index in [9.17, 15) is 4.79 Å². The summed E-state index contributed by atoms with van der Waals surface area (Å²) < 4.78 is 15.4. The quantitative estimate of drug-likeness (QED) is 0.714. The van der Waals surface area contributed by atoms with E-state index in [4.69, 9.17) is 14.0 Å². The van der Waals surface area contributed by atoms with Gasteiger partial charge in [-0.05, 0) is 31.5 Å². The summed E-state index contributed by atoms with van der Waals surface area (Å²) in [6.45, 7) is 3.91. The molecule has 2 aromatic heterocycles. The van der Waals surface area contributed by atoms with Crippen molar-refractivity contribution < 1.29 is 18.8 Å². The number of benzene rings is 1. The van der Waals surface area contributed by atoms with Crippen LogP contribution in [0, 0.1) is 6.92 Å². The normalized spacial score (nSPS) is 10.6. The van der Waals surface area contributed by atoms with E-state index in [1.807, 2.05) is 25.1 Å². The summed E-state index contributed by atoms with van der Waals surface area (Å²) in [5, 5.41) is 7.26. The molecule has 0 bridgehead atoms. The van der Waals surface area contributed by atoms with Crippen LogP contribution in [-0.2, 0) is 4.74 Å². The lowest BCUT2D eigenvalue weighted by Gasteiger charge is -2.11. The molecule has 2 heterocycles. The van der Waals surface area contributed by atoms with E-state index >= 15 is 0 Å². The summed E-state index contributed by atoms with van der Waals surface area (Å²) in [7, 11) is 1.58. The number of anilines is 2. The van der Waals surface area contributed by atoms with Crippen LogP contribution in [0.2, 0.25) is 0 Å². The molecule has 8 nitrogen and oxygen atoms in total. The molecule has 0 amide bonds. The molecule has 1 aromatic carbocycles. The molecule has 8 heteroatoms. The van der Waals surface area contributed by atoms with E-state index in [0.29, 0.717) is 22.6 Å². The number of methoxy groups -OCH3 is 1. The fourth-order valence-corrected chi connectivity index (χ4v) is 2.27. The molecule has 24 heavy (non-hydrogen) atoms. The fourth-order valence-electron chi connectivity index (χ4n) is 2.27. The number of nitrogens with zero attached hydrogens (tertiary/aromatic N) is 3. The molecule has 0 aliphatic rings. The molecule has 0 aliphatic heterocycles. The van der Waals surface area contributed by atoms with Gasteiger partial charge in [0.1, 0.15) is 23.3 Å². The van der Waals surface area contributed by atoms with Gasteiger partial charge in [0.05, 0.1) is 19.4 Å². The van der Waals surface area contributed by atoms with E-state index in [-0.39, 0.29) is 18.0 Å². The molecule has 3 rings (SSSR count). The molecule has 0 atom stereocenters. The van der Waals surface area contributed by atoms with Gasteiger partial charge in [-0.15, -0.1) is 0 Å². The van der Waals surface area contributed by atoms with Crippen LogP contribution in [-0.4, -0.2) is 34.8 Å². The van der Waals surface area contributed by atoms with E-state index in [0.717, 1.165) is 5.56 Å². The van der Waals surface area contributed by atoms with E-state index in [2.05, 4.69) is 20.4 Å². The number of nitrogens with one attached hydrogen (secondary N) is 1. The Bertz CT molecular complexity index is 891. The lowest BCUT2D eigenvalue weighted by molar-refractivity contribution is 0.0517. The first-order chi connectivity index (χ1) is 11.6. The van der Waals surface area contributed by atoms with Gasteiger partial charge in [0.15, 0.2) is 0 Å². The molecule has 0 spiro atoms. The molecule has 0 aliphatic carbocycles. The predicted molar refractivity (Wildman–Crippen MR) is 86.6 cm³/mol. The van der Waals surface area contributed by atoms with Crippen LogP contribution >= 0.6 is 0 Å². The highest BCUT2D eigenvalue weighted by Gasteiger charge is 2.22. The molecular weight excluding hydrogens is 312 g/mol. The van der Waals surface area contributed by atoms with Gasteiger partial charge < -0.3 is 19.3 Å². The minimum atomic E-state index is -0.592. The van der Waals surface area contributed by atoms with E-state index < -0.39 is 5.97 Å². The van der Waals surface area contributed by atoms with Gasteiger partial charge in [-0.3, -0.25) is 0 Å². The maximum atomic E-state index is 12.0. The van der Waals surface area contributed by atoms with Gasteiger partial charge in [-0.2, -0.15) is 4.98 Å². The van der Waals surface area contributed by atoms with Gasteiger partial charge in [0.25, 0.3) is 5.71 Å². The molecule has 0 fully saturated rings. The SMILES string of the molecule is CCOC(=O)c1noc2ncnc(Nc3cc(C)ccc3OC)c12. The van der Waals surface area contributed by atoms with Crippen molar-refractivity contribution in [2.45, 2.75) is 13.8 Å². The lowest BCUT2D eigenvalue weighted by atomic mass is 10.2. The van der Waals surface area contributed by atoms with Crippen molar-refractivity contribution >= 4 is 28.6 Å². The summed E-state index contributed by atoms with van der Waals surface area (Å²) in [5.41, 5.74) is 1.97. The molecule has 0 unspecified atom stereocenters. The number of fused-ring (bicyclic) bond motifs is 1.